The summed E-state index contributed by atoms with van der Waals surface area (Å²) >= 11 is 5.99. The van der Waals surface area contributed by atoms with Crippen LogP contribution in [0.5, 0.6) is 0 Å². The van der Waals surface area contributed by atoms with Crippen LogP contribution in [0.3, 0.4) is 0 Å². The highest BCUT2D eigenvalue weighted by Crippen LogP contribution is 2.23. The zero-order valence-electron chi connectivity index (χ0n) is 11.3. The minimum atomic E-state index is -0.416. The summed E-state index contributed by atoms with van der Waals surface area (Å²) in [4.78, 5) is 12.2. The number of rotatable bonds is 3. The molecule has 0 atom stereocenters. The first-order chi connectivity index (χ1) is 10.0. The first kappa shape index (κ1) is 14.7. The topological polar surface area (TPSA) is 90.9 Å². The molecule has 0 radical (unpaired) electrons. The van der Waals surface area contributed by atoms with Gasteiger partial charge in [0.2, 0.25) is 0 Å². The van der Waals surface area contributed by atoms with Crippen molar-refractivity contribution in [1.82, 2.24) is 0 Å². The van der Waals surface area contributed by atoms with Gasteiger partial charge in [-0.2, -0.15) is 5.26 Å². The molecule has 0 aliphatic heterocycles. The first-order valence-electron chi connectivity index (χ1n) is 6.13. The molecule has 1 amide bonds. The van der Waals surface area contributed by atoms with Gasteiger partial charge >= 0.3 is 0 Å². The van der Waals surface area contributed by atoms with E-state index in [9.17, 15) is 4.79 Å². The smallest absolute Gasteiger partial charge is 0.257 e. The lowest BCUT2D eigenvalue weighted by Crippen LogP contribution is -2.14. The van der Waals surface area contributed by atoms with Crippen molar-refractivity contribution in [2.75, 3.05) is 23.4 Å². The van der Waals surface area contributed by atoms with Gasteiger partial charge in [-0.3, -0.25) is 4.79 Å². The Morgan fingerprint density at radius 3 is 2.71 bits per heavy atom. The van der Waals surface area contributed by atoms with E-state index >= 15 is 0 Å². The Kier molecular flexibility index (Phi) is 4.31. The second kappa shape index (κ2) is 6.16. The maximum atomic E-state index is 12.2. The molecule has 2 aromatic rings. The zero-order chi connectivity index (χ0) is 15.4. The Hall–Kier alpha value is -2.71. The number of halogens is 1. The number of amides is 1. The third-order valence-corrected chi connectivity index (χ3v) is 3.24. The van der Waals surface area contributed by atoms with Gasteiger partial charge in [-0.1, -0.05) is 11.6 Å². The molecular formula is C15H13ClN4O. The fourth-order valence-electron chi connectivity index (χ4n) is 1.81. The third kappa shape index (κ3) is 3.25. The average molecular weight is 301 g/mol. The van der Waals surface area contributed by atoms with E-state index in [1.807, 2.05) is 6.07 Å². The number of nitrogen functional groups attached to an aromatic ring is 1. The van der Waals surface area contributed by atoms with Crippen LogP contribution in [-0.4, -0.2) is 13.0 Å². The summed E-state index contributed by atoms with van der Waals surface area (Å²) in [5.74, 6) is -0.416. The molecule has 4 N–H and O–H groups in total. The van der Waals surface area contributed by atoms with Crippen LogP contribution in [-0.2, 0) is 0 Å². The van der Waals surface area contributed by atoms with Crippen molar-refractivity contribution >= 4 is 34.6 Å². The Labute approximate surface area is 127 Å². The summed E-state index contributed by atoms with van der Waals surface area (Å²) in [7, 11) is 1.75. The van der Waals surface area contributed by atoms with Gasteiger partial charge in [0.15, 0.2) is 0 Å². The molecule has 0 aromatic heterocycles. The minimum absolute atomic E-state index is 0.262. The maximum absolute atomic E-state index is 12.2. The molecule has 0 saturated heterocycles. The van der Waals surface area contributed by atoms with Crippen LogP contribution < -0.4 is 16.4 Å². The molecule has 0 bridgehead atoms. The zero-order valence-corrected chi connectivity index (χ0v) is 12.0. The highest BCUT2D eigenvalue weighted by molar-refractivity contribution is 6.34. The minimum Gasteiger partial charge on any atom is -0.399 e. The van der Waals surface area contributed by atoms with Gasteiger partial charge in [0.1, 0.15) is 6.07 Å². The van der Waals surface area contributed by atoms with Crippen LogP contribution in [0.4, 0.5) is 17.1 Å². The van der Waals surface area contributed by atoms with Gasteiger partial charge < -0.3 is 16.4 Å². The largest absolute Gasteiger partial charge is 0.399 e. The highest BCUT2D eigenvalue weighted by atomic mass is 35.5. The number of nitrogens with two attached hydrogens (primary N) is 1. The van der Waals surface area contributed by atoms with Crippen molar-refractivity contribution in [2.24, 2.45) is 0 Å². The van der Waals surface area contributed by atoms with E-state index in [0.717, 1.165) is 5.69 Å². The number of carbonyl (C=O) groups is 1. The number of nitriles is 1. The van der Waals surface area contributed by atoms with Gasteiger partial charge in [0.05, 0.1) is 21.8 Å². The summed E-state index contributed by atoms with van der Waals surface area (Å²) in [6.07, 6.45) is 0. The van der Waals surface area contributed by atoms with E-state index in [4.69, 9.17) is 22.6 Å². The maximum Gasteiger partial charge on any atom is 0.257 e. The molecular weight excluding hydrogens is 288 g/mol. The fraction of sp³-hybridized carbons (Fsp3) is 0.0667. The van der Waals surface area contributed by atoms with Crippen LogP contribution in [0.2, 0.25) is 5.02 Å². The van der Waals surface area contributed by atoms with E-state index in [-0.39, 0.29) is 5.56 Å². The van der Waals surface area contributed by atoms with E-state index in [1.165, 1.54) is 6.07 Å². The lowest BCUT2D eigenvalue weighted by molar-refractivity contribution is 0.102. The quantitative estimate of drug-likeness (QED) is 0.760. The molecule has 0 aliphatic rings. The van der Waals surface area contributed by atoms with Crippen LogP contribution in [0.15, 0.2) is 36.4 Å². The number of nitrogens with zero attached hydrogens (tertiary/aromatic N) is 1. The highest BCUT2D eigenvalue weighted by Gasteiger charge is 2.13. The number of hydrogen-bond donors (Lipinski definition) is 3. The van der Waals surface area contributed by atoms with Crippen molar-refractivity contribution in [3.63, 3.8) is 0 Å². The van der Waals surface area contributed by atoms with Crippen LogP contribution in [0, 0.1) is 11.3 Å². The Balaban J connectivity index is 2.32. The van der Waals surface area contributed by atoms with Crippen LogP contribution >= 0.6 is 11.6 Å². The molecule has 2 aromatic carbocycles. The molecule has 6 heteroatoms. The number of carbonyl (C=O) groups excluding carboxylic acids is 1. The van der Waals surface area contributed by atoms with Crippen LogP contribution in [0.25, 0.3) is 0 Å². The molecule has 0 aliphatic carbocycles. The van der Waals surface area contributed by atoms with Crippen molar-refractivity contribution in [2.45, 2.75) is 0 Å². The second-order valence-corrected chi connectivity index (χ2v) is 4.72. The predicted octanol–water partition coefficient (Wildman–Crippen LogP) is 3.09. The van der Waals surface area contributed by atoms with Crippen molar-refractivity contribution in [3.8, 4) is 6.07 Å². The standard InChI is InChI=1S/C15H13ClN4O/c1-19-11-3-5-14(9(6-11)8-17)20-15(21)12-7-10(18)2-4-13(12)16/h2-7,19H,18H2,1H3,(H,20,21). The summed E-state index contributed by atoms with van der Waals surface area (Å²) < 4.78 is 0. The molecule has 106 valence electrons. The van der Waals surface area contributed by atoms with Gasteiger partial charge in [-0.15, -0.1) is 0 Å². The fourth-order valence-corrected chi connectivity index (χ4v) is 2.01. The Morgan fingerprint density at radius 1 is 1.29 bits per heavy atom. The van der Waals surface area contributed by atoms with Gasteiger partial charge in [0, 0.05) is 18.4 Å². The summed E-state index contributed by atoms with van der Waals surface area (Å²) in [5, 5.41) is 15.0. The monoisotopic (exact) mass is 300 g/mol. The molecule has 5 nitrogen and oxygen atoms in total. The predicted molar refractivity (Wildman–Crippen MR) is 84.5 cm³/mol. The lowest BCUT2D eigenvalue weighted by Gasteiger charge is -2.10. The van der Waals surface area contributed by atoms with Crippen LogP contribution in [0.1, 0.15) is 15.9 Å². The van der Waals surface area contributed by atoms with Crippen molar-refractivity contribution in [3.05, 3.63) is 52.5 Å². The summed E-state index contributed by atoms with van der Waals surface area (Å²) in [6, 6.07) is 11.8. The Bertz CT molecular complexity index is 737. The van der Waals surface area contributed by atoms with Gasteiger partial charge in [-0.05, 0) is 36.4 Å². The molecule has 21 heavy (non-hydrogen) atoms. The molecule has 0 saturated carbocycles. The summed E-state index contributed by atoms with van der Waals surface area (Å²) in [5.41, 5.74) is 7.91. The number of anilines is 3. The van der Waals surface area contributed by atoms with Crippen molar-refractivity contribution in [1.29, 1.82) is 5.26 Å². The SMILES string of the molecule is CNc1ccc(NC(=O)c2cc(N)ccc2Cl)c(C#N)c1. The number of benzene rings is 2. The molecule has 0 unspecified atom stereocenters. The van der Waals surface area contributed by atoms with Gasteiger partial charge in [-0.25, -0.2) is 0 Å². The van der Waals surface area contributed by atoms with Gasteiger partial charge in [0.25, 0.3) is 5.91 Å². The van der Waals surface area contributed by atoms with E-state index in [2.05, 4.69) is 10.6 Å². The average Bonchev–Trinajstić information content (AvgIpc) is 2.49. The number of hydrogen-bond acceptors (Lipinski definition) is 4. The van der Waals surface area contributed by atoms with E-state index < -0.39 is 5.91 Å². The third-order valence-electron chi connectivity index (χ3n) is 2.91. The number of nitrogens with one attached hydrogen (secondary N) is 2. The van der Waals surface area contributed by atoms with Crippen molar-refractivity contribution < 1.29 is 4.79 Å². The Morgan fingerprint density at radius 2 is 2.05 bits per heavy atom. The first-order valence-corrected chi connectivity index (χ1v) is 6.51. The molecule has 0 spiro atoms. The molecule has 0 fully saturated rings. The molecule has 2 rings (SSSR count). The molecule has 0 heterocycles. The summed E-state index contributed by atoms with van der Waals surface area (Å²) in [6.45, 7) is 0. The second-order valence-electron chi connectivity index (χ2n) is 4.32. The lowest BCUT2D eigenvalue weighted by atomic mass is 10.1. The normalized spacial score (nSPS) is 9.76. The van der Waals surface area contributed by atoms with E-state index in [1.54, 1.807) is 37.4 Å². The van der Waals surface area contributed by atoms with E-state index in [0.29, 0.717) is 22.0 Å².